The minimum Gasteiger partial charge on any atom is -0.352 e. The fraction of sp³-hybridized carbons (Fsp3) is 0.130. The van der Waals surface area contributed by atoms with Crippen molar-refractivity contribution in [3.8, 4) is 0 Å². The lowest BCUT2D eigenvalue weighted by molar-refractivity contribution is 0.0953. The topological polar surface area (TPSA) is 104 Å². The molecule has 3 N–H and O–H groups in total. The van der Waals surface area contributed by atoms with Gasteiger partial charge in [-0.2, -0.15) is 5.10 Å². The summed E-state index contributed by atoms with van der Waals surface area (Å²) in [6.45, 7) is 0.549. The second-order valence-electron chi connectivity index (χ2n) is 6.80. The van der Waals surface area contributed by atoms with E-state index in [4.69, 9.17) is 0 Å². The van der Waals surface area contributed by atoms with Crippen molar-refractivity contribution in [1.82, 2.24) is 25.5 Å². The summed E-state index contributed by atoms with van der Waals surface area (Å²) in [6, 6.07) is 14.9. The summed E-state index contributed by atoms with van der Waals surface area (Å²) in [5.41, 5.74) is 2.83. The molecule has 8 heteroatoms. The van der Waals surface area contributed by atoms with Gasteiger partial charge in [-0.1, -0.05) is 6.07 Å². The molecule has 0 unspecified atom stereocenters. The van der Waals surface area contributed by atoms with E-state index in [0.29, 0.717) is 12.1 Å². The zero-order chi connectivity index (χ0) is 21.5. The van der Waals surface area contributed by atoms with Gasteiger partial charge in [0.1, 0.15) is 0 Å². The average Bonchev–Trinajstić information content (AvgIpc) is 3.20. The fourth-order valence-corrected chi connectivity index (χ4v) is 3.92. The molecule has 0 saturated heterocycles. The first-order valence-electron chi connectivity index (χ1n) is 9.86. The Morgan fingerprint density at radius 3 is 2.90 bits per heavy atom. The largest absolute Gasteiger partial charge is 0.352 e. The van der Waals surface area contributed by atoms with Gasteiger partial charge in [0.05, 0.1) is 16.9 Å². The lowest BCUT2D eigenvalue weighted by atomic mass is 10.2. The van der Waals surface area contributed by atoms with Crippen LogP contribution >= 0.6 is 11.8 Å². The van der Waals surface area contributed by atoms with E-state index >= 15 is 0 Å². The second kappa shape index (κ2) is 9.90. The van der Waals surface area contributed by atoms with Crippen molar-refractivity contribution >= 4 is 40.7 Å². The molecular weight excluding hydrogens is 410 g/mol. The van der Waals surface area contributed by atoms with Gasteiger partial charge in [0.15, 0.2) is 0 Å². The normalized spacial score (nSPS) is 11.2. The third-order valence-corrected chi connectivity index (χ3v) is 5.66. The number of hydrogen-bond donors (Lipinski definition) is 3. The van der Waals surface area contributed by atoms with Gasteiger partial charge in [-0.25, -0.2) is 0 Å². The van der Waals surface area contributed by atoms with E-state index < -0.39 is 0 Å². The Labute approximate surface area is 183 Å². The van der Waals surface area contributed by atoms with Crippen molar-refractivity contribution in [2.45, 2.75) is 11.3 Å². The summed E-state index contributed by atoms with van der Waals surface area (Å²) in [5.74, 6) is 0.628. The van der Waals surface area contributed by atoms with Gasteiger partial charge in [0.2, 0.25) is 5.56 Å². The van der Waals surface area contributed by atoms with Crippen LogP contribution in [0.25, 0.3) is 23.1 Å². The predicted molar refractivity (Wildman–Crippen MR) is 124 cm³/mol. The quantitative estimate of drug-likeness (QED) is 0.291. The van der Waals surface area contributed by atoms with Gasteiger partial charge in [-0.15, -0.1) is 11.8 Å². The van der Waals surface area contributed by atoms with Crippen molar-refractivity contribution in [2.24, 2.45) is 0 Å². The molecule has 0 atom stereocenters. The summed E-state index contributed by atoms with van der Waals surface area (Å²) in [4.78, 5) is 31.2. The Kier molecular flexibility index (Phi) is 6.59. The van der Waals surface area contributed by atoms with Crippen molar-refractivity contribution in [2.75, 3.05) is 12.3 Å². The number of fused-ring (bicyclic) bond motifs is 1. The van der Waals surface area contributed by atoms with E-state index in [1.165, 1.54) is 12.3 Å². The van der Waals surface area contributed by atoms with Gasteiger partial charge in [-0.05, 0) is 60.7 Å². The molecule has 0 aliphatic rings. The summed E-state index contributed by atoms with van der Waals surface area (Å²) >= 11 is 1.72. The molecule has 0 bridgehead atoms. The number of carbonyl (C=O) groups is 1. The SMILES string of the molecule is O=C(NCCCSc1ccc2c(/C=C/c3ccccn3)n[nH]c2c1)c1cc[nH]c(=O)c1. The smallest absolute Gasteiger partial charge is 0.251 e. The first kappa shape index (κ1) is 20.6. The molecule has 7 nitrogen and oxygen atoms in total. The van der Waals surface area contributed by atoms with Crippen LogP contribution in [0.3, 0.4) is 0 Å². The molecule has 3 aromatic heterocycles. The third kappa shape index (κ3) is 5.49. The highest BCUT2D eigenvalue weighted by molar-refractivity contribution is 7.99. The van der Waals surface area contributed by atoms with Gasteiger partial charge in [0.25, 0.3) is 5.91 Å². The van der Waals surface area contributed by atoms with E-state index in [9.17, 15) is 9.59 Å². The maximum Gasteiger partial charge on any atom is 0.251 e. The molecule has 3 heterocycles. The average molecular weight is 432 g/mol. The Balaban J connectivity index is 1.28. The molecule has 0 aliphatic carbocycles. The Morgan fingerprint density at radius 1 is 1.13 bits per heavy atom. The molecular formula is C23H21N5O2S. The highest BCUT2D eigenvalue weighted by atomic mass is 32.2. The van der Waals surface area contributed by atoms with Crippen LogP contribution in [0.15, 0.2) is 70.6 Å². The number of aromatic nitrogens is 4. The summed E-state index contributed by atoms with van der Waals surface area (Å²) in [6.07, 6.45) is 7.95. The molecule has 0 radical (unpaired) electrons. The zero-order valence-corrected chi connectivity index (χ0v) is 17.5. The molecule has 0 fully saturated rings. The van der Waals surface area contributed by atoms with Crippen LogP contribution in [0.5, 0.6) is 0 Å². The Hall–Kier alpha value is -3.65. The number of carbonyl (C=O) groups excluding carboxylic acids is 1. The number of pyridine rings is 2. The van der Waals surface area contributed by atoms with Crippen molar-refractivity contribution in [3.05, 3.63) is 88.2 Å². The third-order valence-electron chi connectivity index (χ3n) is 4.58. The number of hydrogen-bond acceptors (Lipinski definition) is 5. The summed E-state index contributed by atoms with van der Waals surface area (Å²) in [7, 11) is 0. The van der Waals surface area contributed by atoms with E-state index in [2.05, 4.69) is 43.7 Å². The van der Waals surface area contributed by atoms with Gasteiger partial charge in [0, 0.05) is 40.8 Å². The molecule has 156 valence electrons. The van der Waals surface area contributed by atoms with Crippen LogP contribution in [0.1, 0.15) is 28.2 Å². The van der Waals surface area contributed by atoms with E-state index in [1.807, 2.05) is 30.4 Å². The first-order chi connectivity index (χ1) is 15.2. The monoisotopic (exact) mass is 431 g/mol. The molecule has 31 heavy (non-hydrogen) atoms. The van der Waals surface area contributed by atoms with E-state index in [1.54, 1.807) is 24.0 Å². The van der Waals surface area contributed by atoms with Crippen LogP contribution in [0.2, 0.25) is 0 Å². The molecule has 0 saturated carbocycles. The standard InChI is InChI=1S/C23H21N5O2S/c29-22-14-16(9-12-25-22)23(30)26-11-3-13-31-18-6-7-19-20(27-28-21(19)15-18)8-5-17-4-1-2-10-24-17/h1-2,4-10,12,14-15H,3,11,13H2,(H,25,29)(H,26,30)(H,27,28)/b8-5+. The van der Waals surface area contributed by atoms with Gasteiger partial charge in [-0.3, -0.25) is 19.7 Å². The number of thioether (sulfide) groups is 1. The number of aromatic amines is 2. The molecule has 1 aromatic carbocycles. The lowest BCUT2D eigenvalue weighted by Crippen LogP contribution is -2.26. The minimum absolute atomic E-state index is 0.235. The highest BCUT2D eigenvalue weighted by Gasteiger charge is 2.06. The van der Waals surface area contributed by atoms with Crippen LogP contribution in [0.4, 0.5) is 0 Å². The molecule has 0 spiro atoms. The molecule has 1 amide bonds. The van der Waals surface area contributed by atoms with E-state index in [0.717, 1.165) is 39.4 Å². The maximum absolute atomic E-state index is 12.0. The maximum atomic E-state index is 12.0. The highest BCUT2D eigenvalue weighted by Crippen LogP contribution is 2.25. The molecule has 4 rings (SSSR count). The zero-order valence-electron chi connectivity index (χ0n) is 16.7. The predicted octanol–water partition coefficient (Wildman–Crippen LogP) is 3.73. The molecule has 0 aliphatic heterocycles. The van der Waals surface area contributed by atoms with Crippen LogP contribution in [0, 0.1) is 0 Å². The van der Waals surface area contributed by atoms with Crippen molar-refractivity contribution in [1.29, 1.82) is 0 Å². The first-order valence-corrected chi connectivity index (χ1v) is 10.8. The van der Waals surface area contributed by atoms with Gasteiger partial charge < -0.3 is 10.3 Å². The van der Waals surface area contributed by atoms with Crippen LogP contribution < -0.4 is 10.9 Å². The Morgan fingerprint density at radius 2 is 2.06 bits per heavy atom. The number of benzene rings is 1. The summed E-state index contributed by atoms with van der Waals surface area (Å²) in [5, 5.41) is 11.4. The van der Waals surface area contributed by atoms with Crippen molar-refractivity contribution in [3.63, 3.8) is 0 Å². The van der Waals surface area contributed by atoms with Crippen molar-refractivity contribution < 1.29 is 4.79 Å². The van der Waals surface area contributed by atoms with Gasteiger partial charge >= 0.3 is 0 Å². The Bertz CT molecular complexity index is 1260. The van der Waals surface area contributed by atoms with E-state index in [-0.39, 0.29) is 11.5 Å². The lowest BCUT2D eigenvalue weighted by Gasteiger charge is -2.05. The number of nitrogens with zero attached hydrogens (tertiary/aromatic N) is 2. The fourth-order valence-electron chi connectivity index (χ4n) is 3.03. The van der Waals surface area contributed by atoms with Crippen LogP contribution in [-0.4, -0.2) is 38.4 Å². The minimum atomic E-state index is -0.284. The number of rotatable bonds is 8. The number of nitrogens with one attached hydrogen (secondary N) is 3. The summed E-state index contributed by atoms with van der Waals surface area (Å²) < 4.78 is 0. The number of H-pyrrole nitrogens is 2. The second-order valence-corrected chi connectivity index (χ2v) is 7.97. The molecule has 4 aromatic rings. The number of amides is 1. The van der Waals surface area contributed by atoms with Crippen LogP contribution in [-0.2, 0) is 0 Å².